The standard InChI is InChI=1S/C22H32N2O2S/c1-3-4-5-6-7-8-9-13-16-23-22(25)21-18(2)24-20(27-21)17-26-19-14-11-10-12-15-19/h10-12,14-15H,3-9,13,16-17H2,1-2H3,(H,23,25). The average Bonchev–Trinajstić information content (AvgIpc) is 3.06. The van der Waals surface area contributed by atoms with E-state index in [2.05, 4.69) is 17.2 Å². The van der Waals surface area contributed by atoms with Gasteiger partial charge in [-0.2, -0.15) is 0 Å². The molecule has 2 rings (SSSR count). The van der Waals surface area contributed by atoms with Gasteiger partial charge in [-0.05, 0) is 25.5 Å². The second-order valence-electron chi connectivity index (χ2n) is 6.85. The van der Waals surface area contributed by atoms with Gasteiger partial charge in [-0.3, -0.25) is 4.79 Å². The molecule has 0 aliphatic rings. The number of aromatic nitrogens is 1. The highest BCUT2D eigenvalue weighted by atomic mass is 32.1. The first-order valence-electron chi connectivity index (χ1n) is 10.1. The van der Waals surface area contributed by atoms with Crippen molar-refractivity contribution in [2.45, 2.75) is 71.8 Å². The van der Waals surface area contributed by atoms with E-state index in [4.69, 9.17) is 4.74 Å². The van der Waals surface area contributed by atoms with E-state index in [1.807, 2.05) is 37.3 Å². The second kappa shape index (κ2) is 12.5. The van der Waals surface area contributed by atoms with Crippen molar-refractivity contribution in [1.29, 1.82) is 0 Å². The molecule has 0 aliphatic carbocycles. The van der Waals surface area contributed by atoms with Crippen molar-refractivity contribution in [3.8, 4) is 5.75 Å². The molecule has 0 spiro atoms. The number of aryl methyl sites for hydroxylation is 1. The van der Waals surface area contributed by atoms with Crippen LogP contribution in [0, 0.1) is 6.92 Å². The lowest BCUT2D eigenvalue weighted by molar-refractivity contribution is 0.0956. The van der Waals surface area contributed by atoms with Gasteiger partial charge in [-0.15, -0.1) is 11.3 Å². The molecule has 0 fully saturated rings. The summed E-state index contributed by atoms with van der Waals surface area (Å²) in [5, 5.41) is 3.86. The van der Waals surface area contributed by atoms with Crippen LogP contribution in [0.1, 0.15) is 78.7 Å². The molecule has 0 unspecified atom stereocenters. The normalized spacial score (nSPS) is 10.7. The van der Waals surface area contributed by atoms with Crippen LogP contribution in [0.2, 0.25) is 0 Å². The van der Waals surface area contributed by atoms with Gasteiger partial charge in [0.1, 0.15) is 22.2 Å². The molecule has 0 aliphatic heterocycles. The first-order valence-corrected chi connectivity index (χ1v) is 10.9. The highest BCUT2D eigenvalue weighted by Crippen LogP contribution is 2.20. The number of benzene rings is 1. The SMILES string of the molecule is CCCCCCCCCCNC(=O)c1sc(COc2ccccc2)nc1C. The lowest BCUT2D eigenvalue weighted by Crippen LogP contribution is -2.24. The summed E-state index contributed by atoms with van der Waals surface area (Å²) in [6.07, 6.45) is 10.1. The summed E-state index contributed by atoms with van der Waals surface area (Å²) >= 11 is 1.42. The van der Waals surface area contributed by atoms with Gasteiger partial charge in [0.25, 0.3) is 5.91 Å². The highest BCUT2D eigenvalue weighted by Gasteiger charge is 2.15. The zero-order valence-corrected chi connectivity index (χ0v) is 17.4. The molecule has 1 amide bonds. The van der Waals surface area contributed by atoms with Crippen LogP contribution >= 0.6 is 11.3 Å². The zero-order valence-electron chi connectivity index (χ0n) is 16.6. The lowest BCUT2D eigenvalue weighted by atomic mass is 10.1. The van der Waals surface area contributed by atoms with Crippen molar-refractivity contribution < 1.29 is 9.53 Å². The van der Waals surface area contributed by atoms with Crippen molar-refractivity contribution in [3.05, 3.63) is 45.9 Å². The Balaban J connectivity index is 1.65. The molecule has 0 bridgehead atoms. The molecule has 2 aromatic rings. The molecule has 27 heavy (non-hydrogen) atoms. The summed E-state index contributed by atoms with van der Waals surface area (Å²) in [5.41, 5.74) is 0.778. The Bertz CT molecular complexity index is 670. The number of nitrogens with one attached hydrogen (secondary N) is 1. The first-order chi connectivity index (χ1) is 13.2. The molecular weight excluding hydrogens is 356 g/mol. The summed E-state index contributed by atoms with van der Waals surface area (Å²) < 4.78 is 5.72. The number of rotatable bonds is 13. The highest BCUT2D eigenvalue weighted by molar-refractivity contribution is 7.13. The largest absolute Gasteiger partial charge is 0.486 e. The van der Waals surface area contributed by atoms with Gasteiger partial charge in [0.15, 0.2) is 0 Å². The van der Waals surface area contributed by atoms with Crippen LogP contribution in [0.4, 0.5) is 0 Å². The van der Waals surface area contributed by atoms with Crippen molar-refractivity contribution in [1.82, 2.24) is 10.3 Å². The zero-order chi connectivity index (χ0) is 19.3. The third kappa shape index (κ3) is 8.12. The number of nitrogens with zero attached hydrogens (tertiary/aromatic N) is 1. The number of hydrogen-bond acceptors (Lipinski definition) is 4. The second-order valence-corrected chi connectivity index (χ2v) is 7.94. The van der Waals surface area contributed by atoms with E-state index < -0.39 is 0 Å². The molecule has 4 nitrogen and oxygen atoms in total. The van der Waals surface area contributed by atoms with Crippen LogP contribution in [-0.2, 0) is 6.61 Å². The molecule has 1 N–H and O–H groups in total. The van der Waals surface area contributed by atoms with Gasteiger partial charge in [0.05, 0.1) is 5.69 Å². The molecule has 0 atom stereocenters. The number of carbonyl (C=O) groups is 1. The smallest absolute Gasteiger partial charge is 0.263 e. The Morgan fingerprint density at radius 1 is 1.04 bits per heavy atom. The van der Waals surface area contributed by atoms with Gasteiger partial charge in [0, 0.05) is 6.54 Å². The Hall–Kier alpha value is -1.88. The van der Waals surface area contributed by atoms with Crippen LogP contribution < -0.4 is 10.1 Å². The number of carbonyl (C=O) groups excluding carboxylic acids is 1. The predicted octanol–water partition coefficient (Wildman–Crippen LogP) is 5.90. The maximum Gasteiger partial charge on any atom is 0.263 e. The van der Waals surface area contributed by atoms with E-state index in [1.165, 1.54) is 56.3 Å². The van der Waals surface area contributed by atoms with Gasteiger partial charge in [0.2, 0.25) is 0 Å². The third-order valence-corrected chi connectivity index (χ3v) is 5.60. The van der Waals surface area contributed by atoms with Crippen molar-refractivity contribution in [2.75, 3.05) is 6.54 Å². The van der Waals surface area contributed by atoms with E-state index in [9.17, 15) is 4.79 Å². The quantitative estimate of drug-likeness (QED) is 0.435. The van der Waals surface area contributed by atoms with Gasteiger partial charge in [-0.25, -0.2) is 4.98 Å². The van der Waals surface area contributed by atoms with Crippen LogP contribution in [-0.4, -0.2) is 17.4 Å². The van der Waals surface area contributed by atoms with Crippen LogP contribution in [0.5, 0.6) is 5.75 Å². The minimum Gasteiger partial charge on any atom is -0.486 e. The Labute approximate surface area is 167 Å². The minimum absolute atomic E-state index is 0.0149. The molecule has 1 aromatic heterocycles. The van der Waals surface area contributed by atoms with Crippen LogP contribution in [0.25, 0.3) is 0 Å². The minimum atomic E-state index is -0.0149. The van der Waals surface area contributed by atoms with Crippen LogP contribution in [0.15, 0.2) is 30.3 Å². The number of para-hydroxylation sites is 1. The van der Waals surface area contributed by atoms with Crippen molar-refractivity contribution >= 4 is 17.2 Å². The Morgan fingerprint density at radius 3 is 2.41 bits per heavy atom. The van der Waals surface area contributed by atoms with Gasteiger partial charge >= 0.3 is 0 Å². The maximum atomic E-state index is 12.4. The first kappa shape index (κ1) is 21.4. The Kier molecular flexibility index (Phi) is 9.91. The number of thiazole rings is 1. The number of unbranched alkanes of at least 4 members (excludes halogenated alkanes) is 7. The summed E-state index contributed by atoms with van der Waals surface area (Å²) in [6.45, 7) is 5.25. The summed E-state index contributed by atoms with van der Waals surface area (Å²) in [7, 11) is 0. The van der Waals surface area contributed by atoms with Crippen molar-refractivity contribution in [2.24, 2.45) is 0 Å². The number of amides is 1. The van der Waals surface area contributed by atoms with E-state index >= 15 is 0 Å². The summed E-state index contributed by atoms with van der Waals surface area (Å²) in [6, 6.07) is 9.66. The van der Waals surface area contributed by atoms with Gasteiger partial charge in [-0.1, -0.05) is 70.1 Å². The fourth-order valence-corrected chi connectivity index (χ4v) is 3.82. The van der Waals surface area contributed by atoms with E-state index in [-0.39, 0.29) is 5.91 Å². The lowest BCUT2D eigenvalue weighted by Gasteiger charge is -2.04. The molecule has 1 aromatic carbocycles. The molecule has 1 heterocycles. The molecule has 0 radical (unpaired) electrons. The molecular formula is C22H32N2O2S. The molecule has 0 saturated heterocycles. The number of ether oxygens (including phenoxy) is 1. The van der Waals surface area contributed by atoms with Crippen molar-refractivity contribution in [3.63, 3.8) is 0 Å². The van der Waals surface area contributed by atoms with E-state index in [0.717, 1.165) is 29.4 Å². The monoisotopic (exact) mass is 388 g/mol. The predicted molar refractivity (Wildman–Crippen MR) is 113 cm³/mol. The maximum absolute atomic E-state index is 12.4. The fourth-order valence-electron chi connectivity index (χ4n) is 2.93. The van der Waals surface area contributed by atoms with Crippen LogP contribution in [0.3, 0.4) is 0 Å². The third-order valence-electron chi connectivity index (χ3n) is 4.47. The number of hydrogen-bond donors (Lipinski definition) is 1. The average molecular weight is 389 g/mol. The van der Waals surface area contributed by atoms with E-state index in [1.54, 1.807) is 0 Å². The summed E-state index contributed by atoms with van der Waals surface area (Å²) in [4.78, 5) is 17.5. The molecule has 5 heteroatoms. The fraction of sp³-hybridized carbons (Fsp3) is 0.545. The topological polar surface area (TPSA) is 51.2 Å². The Morgan fingerprint density at radius 2 is 1.70 bits per heavy atom. The molecule has 0 saturated carbocycles. The summed E-state index contributed by atoms with van der Waals surface area (Å²) in [5.74, 6) is 0.796. The van der Waals surface area contributed by atoms with Gasteiger partial charge < -0.3 is 10.1 Å². The molecule has 148 valence electrons. The van der Waals surface area contributed by atoms with E-state index in [0.29, 0.717) is 11.5 Å².